The molecule has 0 fully saturated rings. The van der Waals surface area contributed by atoms with Crippen LogP contribution in [0.25, 0.3) is 0 Å². The van der Waals surface area contributed by atoms with Crippen LogP contribution in [0.3, 0.4) is 0 Å². The number of nitrogens with zero attached hydrogens (tertiary/aromatic N) is 2. The quantitative estimate of drug-likeness (QED) is 0.910. The van der Waals surface area contributed by atoms with E-state index in [1.165, 1.54) is 0 Å². The van der Waals surface area contributed by atoms with Crippen LogP contribution in [0.5, 0.6) is 0 Å². The number of rotatable bonds is 4. The van der Waals surface area contributed by atoms with Crippen molar-refractivity contribution in [1.82, 2.24) is 9.97 Å². The minimum atomic E-state index is 0.151. The van der Waals surface area contributed by atoms with Crippen LogP contribution in [-0.2, 0) is 6.42 Å². The highest BCUT2D eigenvalue weighted by atomic mass is 35.5. The topological polar surface area (TPSA) is 37.8 Å². The van der Waals surface area contributed by atoms with Crippen molar-refractivity contribution < 1.29 is 0 Å². The molecule has 0 aliphatic carbocycles. The largest absolute Gasteiger partial charge is 0.363 e. The molecule has 0 saturated carbocycles. The molecule has 100 valence electrons. The van der Waals surface area contributed by atoms with Crippen molar-refractivity contribution in [2.75, 3.05) is 5.32 Å². The molecule has 0 aliphatic heterocycles. The minimum absolute atomic E-state index is 0.151. The zero-order valence-corrected chi connectivity index (χ0v) is 12.2. The smallest absolute Gasteiger partial charge is 0.130 e. The van der Waals surface area contributed by atoms with Gasteiger partial charge in [0, 0.05) is 22.8 Å². The molecule has 1 aromatic heterocycles. The Morgan fingerprint density at radius 1 is 1.26 bits per heavy atom. The Labute approximate surface area is 119 Å². The van der Waals surface area contributed by atoms with Gasteiger partial charge in [0.2, 0.25) is 0 Å². The number of halogens is 1. The predicted octanol–water partition coefficient (Wildman–Crippen LogP) is 4.17. The molecular formula is C15H18ClN3. The van der Waals surface area contributed by atoms with Gasteiger partial charge in [0.1, 0.15) is 11.6 Å². The third kappa shape index (κ3) is 3.67. The molecule has 0 aliphatic rings. The van der Waals surface area contributed by atoms with Gasteiger partial charge < -0.3 is 5.32 Å². The zero-order chi connectivity index (χ0) is 13.8. The lowest BCUT2D eigenvalue weighted by molar-refractivity contribution is 0.858. The maximum atomic E-state index is 6.01. The normalized spacial score (nSPS) is 12.2. The van der Waals surface area contributed by atoms with E-state index in [-0.39, 0.29) is 6.04 Å². The van der Waals surface area contributed by atoms with Crippen molar-refractivity contribution in [3.63, 3.8) is 0 Å². The van der Waals surface area contributed by atoms with Crippen molar-refractivity contribution >= 4 is 17.4 Å². The molecule has 1 unspecified atom stereocenters. The lowest BCUT2D eigenvalue weighted by atomic mass is 10.1. The van der Waals surface area contributed by atoms with Gasteiger partial charge in [-0.25, -0.2) is 9.97 Å². The highest BCUT2D eigenvalue weighted by Crippen LogP contribution is 2.21. The van der Waals surface area contributed by atoms with E-state index < -0.39 is 0 Å². The molecule has 0 saturated heterocycles. The number of hydrogen-bond acceptors (Lipinski definition) is 3. The molecule has 0 amide bonds. The van der Waals surface area contributed by atoms with E-state index in [1.54, 1.807) is 0 Å². The van der Waals surface area contributed by atoms with Crippen molar-refractivity contribution in [3.8, 4) is 0 Å². The van der Waals surface area contributed by atoms with Crippen molar-refractivity contribution in [1.29, 1.82) is 0 Å². The third-order valence-electron chi connectivity index (χ3n) is 2.97. The fourth-order valence-electron chi connectivity index (χ4n) is 1.97. The van der Waals surface area contributed by atoms with Gasteiger partial charge in [-0.3, -0.25) is 0 Å². The first kappa shape index (κ1) is 13.8. The predicted molar refractivity (Wildman–Crippen MR) is 79.6 cm³/mol. The van der Waals surface area contributed by atoms with Gasteiger partial charge in [-0.15, -0.1) is 0 Å². The summed E-state index contributed by atoms with van der Waals surface area (Å²) < 4.78 is 0. The first-order valence-corrected chi connectivity index (χ1v) is 6.83. The monoisotopic (exact) mass is 275 g/mol. The minimum Gasteiger partial charge on any atom is -0.363 e. The fourth-order valence-corrected chi connectivity index (χ4v) is 2.16. The number of anilines is 1. The fraction of sp³-hybridized carbons (Fsp3) is 0.333. The third-order valence-corrected chi connectivity index (χ3v) is 3.20. The summed E-state index contributed by atoms with van der Waals surface area (Å²) in [6.45, 7) is 6.09. The van der Waals surface area contributed by atoms with E-state index in [9.17, 15) is 0 Å². The summed E-state index contributed by atoms with van der Waals surface area (Å²) in [6.07, 6.45) is 0.906. The first-order valence-electron chi connectivity index (χ1n) is 6.45. The highest BCUT2D eigenvalue weighted by Gasteiger charge is 2.08. The number of hydrogen-bond donors (Lipinski definition) is 1. The Bertz CT molecular complexity index is 569. The SMILES string of the molecule is CCc1cc(NC(C)c2cccc(Cl)c2)nc(C)n1. The van der Waals surface area contributed by atoms with E-state index in [2.05, 4.69) is 35.2 Å². The molecule has 3 nitrogen and oxygen atoms in total. The van der Waals surface area contributed by atoms with Crippen molar-refractivity contribution in [2.24, 2.45) is 0 Å². The highest BCUT2D eigenvalue weighted by molar-refractivity contribution is 6.30. The van der Waals surface area contributed by atoms with E-state index in [0.717, 1.165) is 34.3 Å². The second-order valence-electron chi connectivity index (χ2n) is 4.57. The Morgan fingerprint density at radius 3 is 2.74 bits per heavy atom. The molecule has 0 radical (unpaired) electrons. The van der Waals surface area contributed by atoms with Crippen LogP contribution in [0.1, 0.15) is 37.0 Å². The van der Waals surface area contributed by atoms with Crippen LogP contribution in [-0.4, -0.2) is 9.97 Å². The van der Waals surface area contributed by atoms with Gasteiger partial charge in [-0.2, -0.15) is 0 Å². The van der Waals surface area contributed by atoms with E-state index in [0.29, 0.717) is 0 Å². The second-order valence-corrected chi connectivity index (χ2v) is 5.00. The lowest BCUT2D eigenvalue weighted by Crippen LogP contribution is -2.09. The molecule has 1 atom stereocenters. The van der Waals surface area contributed by atoms with Gasteiger partial charge in [-0.1, -0.05) is 30.7 Å². The summed E-state index contributed by atoms with van der Waals surface area (Å²) in [5.41, 5.74) is 2.19. The molecule has 1 N–H and O–H groups in total. The number of aryl methyl sites for hydroxylation is 2. The van der Waals surface area contributed by atoms with Crippen LogP contribution in [0.15, 0.2) is 30.3 Å². The average Bonchev–Trinajstić information content (AvgIpc) is 2.38. The van der Waals surface area contributed by atoms with Crippen molar-refractivity contribution in [2.45, 2.75) is 33.2 Å². The van der Waals surface area contributed by atoms with Gasteiger partial charge in [-0.05, 0) is 38.0 Å². The Hall–Kier alpha value is -1.61. The molecule has 4 heteroatoms. The van der Waals surface area contributed by atoms with Crippen LogP contribution in [0.2, 0.25) is 5.02 Å². The van der Waals surface area contributed by atoms with Crippen LogP contribution in [0, 0.1) is 6.92 Å². The molecular weight excluding hydrogens is 258 g/mol. The maximum Gasteiger partial charge on any atom is 0.130 e. The number of aromatic nitrogens is 2. The summed E-state index contributed by atoms with van der Waals surface area (Å²) in [7, 11) is 0. The molecule has 0 bridgehead atoms. The van der Waals surface area contributed by atoms with E-state index >= 15 is 0 Å². The lowest BCUT2D eigenvalue weighted by Gasteiger charge is -2.16. The summed E-state index contributed by atoms with van der Waals surface area (Å²) >= 11 is 6.01. The first-order chi connectivity index (χ1) is 9.08. The Balaban J connectivity index is 2.18. The zero-order valence-electron chi connectivity index (χ0n) is 11.4. The summed E-state index contributed by atoms with van der Waals surface area (Å²) in [4.78, 5) is 8.79. The average molecular weight is 276 g/mol. The van der Waals surface area contributed by atoms with Gasteiger partial charge in [0.05, 0.1) is 0 Å². The number of benzene rings is 1. The standard InChI is InChI=1S/C15H18ClN3/c1-4-14-9-15(19-11(3)18-14)17-10(2)12-6-5-7-13(16)8-12/h5-10H,4H2,1-3H3,(H,17,18,19). The molecule has 1 heterocycles. The molecule has 19 heavy (non-hydrogen) atoms. The molecule has 2 aromatic rings. The Morgan fingerprint density at radius 2 is 2.05 bits per heavy atom. The van der Waals surface area contributed by atoms with Crippen LogP contribution < -0.4 is 5.32 Å². The molecule has 0 spiro atoms. The van der Waals surface area contributed by atoms with Gasteiger partial charge in [0.25, 0.3) is 0 Å². The number of nitrogens with one attached hydrogen (secondary N) is 1. The maximum absolute atomic E-state index is 6.01. The van der Waals surface area contributed by atoms with E-state index in [1.807, 2.05) is 31.2 Å². The molecule has 1 aromatic carbocycles. The summed E-state index contributed by atoms with van der Waals surface area (Å²) in [6, 6.07) is 10.00. The summed E-state index contributed by atoms with van der Waals surface area (Å²) in [5.74, 6) is 1.65. The van der Waals surface area contributed by atoms with Crippen molar-refractivity contribution in [3.05, 3.63) is 52.4 Å². The van der Waals surface area contributed by atoms with Gasteiger partial charge >= 0.3 is 0 Å². The van der Waals surface area contributed by atoms with Gasteiger partial charge in [0.15, 0.2) is 0 Å². The summed E-state index contributed by atoms with van der Waals surface area (Å²) in [5, 5.41) is 4.14. The van der Waals surface area contributed by atoms with Crippen LogP contribution >= 0.6 is 11.6 Å². The van der Waals surface area contributed by atoms with E-state index in [4.69, 9.17) is 11.6 Å². The van der Waals surface area contributed by atoms with Crippen LogP contribution in [0.4, 0.5) is 5.82 Å². The Kier molecular flexibility index (Phi) is 4.38. The second kappa shape index (κ2) is 6.02. The molecule has 2 rings (SSSR count).